The predicted molar refractivity (Wildman–Crippen MR) is 83.0 cm³/mol. The van der Waals surface area contributed by atoms with Gasteiger partial charge in [-0.25, -0.2) is 9.78 Å². The van der Waals surface area contributed by atoms with Gasteiger partial charge in [0.1, 0.15) is 6.04 Å². The van der Waals surface area contributed by atoms with Gasteiger partial charge in [-0.2, -0.15) is 0 Å². The highest BCUT2D eigenvalue weighted by atomic mass is 35.5. The van der Waals surface area contributed by atoms with Crippen LogP contribution in [0.1, 0.15) is 0 Å². The molecule has 2 aliphatic heterocycles. The molecule has 4 amide bonds. The Bertz CT molecular complexity index is 668. The Morgan fingerprint density at radius 2 is 2.17 bits per heavy atom. The van der Waals surface area contributed by atoms with Crippen molar-refractivity contribution < 1.29 is 14.4 Å². The van der Waals surface area contributed by atoms with Gasteiger partial charge >= 0.3 is 6.03 Å². The van der Waals surface area contributed by atoms with Crippen molar-refractivity contribution in [3.63, 3.8) is 0 Å². The van der Waals surface area contributed by atoms with Crippen molar-refractivity contribution in [2.75, 3.05) is 38.5 Å². The zero-order valence-electron chi connectivity index (χ0n) is 12.5. The van der Waals surface area contributed by atoms with Crippen molar-refractivity contribution in [1.29, 1.82) is 0 Å². The molecule has 0 unspecified atom stereocenters. The molecule has 2 saturated heterocycles. The summed E-state index contributed by atoms with van der Waals surface area (Å²) in [4.78, 5) is 44.9. The smallest absolute Gasteiger partial charge is 0.322 e. The molecule has 122 valence electrons. The van der Waals surface area contributed by atoms with E-state index in [2.05, 4.69) is 10.3 Å². The van der Waals surface area contributed by atoms with Crippen LogP contribution in [-0.4, -0.2) is 76.8 Å². The SMILES string of the molecule is CN1CC(=O)N2CCN(C(=O)Nc3cccnc3Cl)C[C@H]2C1=O. The maximum absolute atomic E-state index is 12.4. The zero-order chi connectivity index (χ0) is 16.6. The molecular formula is C14H16ClN5O3. The van der Waals surface area contributed by atoms with Gasteiger partial charge in [0.2, 0.25) is 11.8 Å². The molecule has 1 N–H and O–H groups in total. The van der Waals surface area contributed by atoms with Gasteiger partial charge in [-0.3, -0.25) is 9.59 Å². The minimum Gasteiger partial charge on any atom is -0.335 e. The summed E-state index contributed by atoms with van der Waals surface area (Å²) in [5.41, 5.74) is 0.407. The first-order valence-corrected chi connectivity index (χ1v) is 7.56. The molecule has 9 heteroatoms. The van der Waals surface area contributed by atoms with Gasteiger partial charge in [0.05, 0.1) is 18.8 Å². The topological polar surface area (TPSA) is 85.8 Å². The molecule has 23 heavy (non-hydrogen) atoms. The molecule has 0 radical (unpaired) electrons. The number of anilines is 1. The summed E-state index contributed by atoms with van der Waals surface area (Å²) in [7, 11) is 1.59. The van der Waals surface area contributed by atoms with Gasteiger partial charge in [0.25, 0.3) is 0 Å². The highest BCUT2D eigenvalue weighted by Gasteiger charge is 2.42. The number of carbonyl (C=O) groups excluding carboxylic acids is 3. The van der Waals surface area contributed by atoms with Crippen LogP contribution in [0.5, 0.6) is 0 Å². The number of nitrogens with zero attached hydrogens (tertiary/aromatic N) is 4. The number of halogens is 1. The van der Waals surface area contributed by atoms with Crippen LogP contribution in [0.4, 0.5) is 10.5 Å². The monoisotopic (exact) mass is 337 g/mol. The Hall–Kier alpha value is -2.35. The Kier molecular flexibility index (Phi) is 4.08. The lowest BCUT2D eigenvalue weighted by Gasteiger charge is -2.45. The van der Waals surface area contributed by atoms with E-state index >= 15 is 0 Å². The number of hydrogen-bond acceptors (Lipinski definition) is 4. The van der Waals surface area contributed by atoms with Crippen LogP contribution < -0.4 is 5.32 Å². The summed E-state index contributed by atoms with van der Waals surface area (Å²) in [6.45, 7) is 0.964. The number of urea groups is 1. The first kappa shape index (κ1) is 15.5. The number of rotatable bonds is 1. The van der Waals surface area contributed by atoms with Gasteiger partial charge in [0, 0.05) is 26.3 Å². The molecule has 2 aliphatic rings. The maximum Gasteiger partial charge on any atom is 0.322 e. The second kappa shape index (κ2) is 6.04. The third-order valence-corrected chi connectivity index (χ3v) is 4.32. The third kappa shape index (κ3) is 2.94. The highest BCUT2D eigenvalue weighted by Crippen LogP contribution is 2.20. The van der Waals surface area contributed by atoms with Gasteiger partial charge in [0.15, 0.2) is 5.15 Å². The first-order chi connectivity index (χ1) is 11.0. The molecule has 0 aromatic carbocycles. The predicted octanol–water partition coefficient (Wildman–Crippen LogP) is 0.252. The molecule has 1 aromatic heterocycles. The minimum atomic E-state index is -0.620. The quantitative estimate of drug-likeness (QED) is 0.744. The molecule has 8 nitrogen and oxygen atoms in total. The molecule has 2 fully saturated rings. The number of likely N-dealkylation sites (N-methyl/N-ethyl adjacent to an activating group) is 1. The zero-order valence-corrected chi connectivity index (χ0v) is 13.3. The van der Waals surface area contributed by atoms with Crippen molar-refractivity contribution in [3.8, 4) is 0 Å². The highest BCUT2D eigenvalue weighted by molar-refractivity contribution is 6.32. The number of aromatic nitrogens is 1. The Labute approximate surface area is 138 Å². The van der Waals surface area contributed by atoms with Gasteiger partial charge in [-0.15, -0.1) is 0 Å². The van der Waals surface area contributed by atoms with Crippen molar-refractivity contribution in [2.24, 2.45) is 0 Å². The number of amides is 4. The number of hydrogen-bond donors (Lipinski definition) is 1. The second-order valence-corrected chi connectivity index (χ2v) is 5.87. The fraction of sp³-hybridized carbons (Fsp3) is 0.429. The van der Waals surface area contributed by atoms with E-state index < -0.39 is 6.04 Å². The second-order valence-electron chi connectivity index (χ2n) is 5.52. The molecule has 3 rings (SSSR count). The number of nitrogens with one attached hydrogen (secondary N) is 1. The van der Waals surface area contributed by atoms with E-state index in [0.717, 1.165) is 0 Å². The van der Waals surface area contributed by atoms with E-state index in [4.69, 9.17) is 11.6 Å². The van der Waals surface area contributed by atoms with Crippen LogP contribution in [0.25, 0.3) is 0 Å². The molecule has 0 bridgehead atoms. The molecule has 0 saturated carbocycles. The van der Waals surface area contributed by atoms with Crippen LogP contribution in [0.3, 0.4) is 0 Å². The first-order valence-electron chi connectivity index (χ1n) is 7.18. The normalized spacial score (nSPS) is 21.3. The van der Waals surface area contributed by atoms with E-state index in [1.807, 2.05) is 0 Å². The lowest BCUT2D eigenvalue weighted by atomic mass is 10.1. The summed E-state index contributed by atoms with van der Waals surface area (Å²) in [6.07, 6.45) is 1.53. The average molecular weight is 338 g/mol. The van der Waals surface area contributed by atoms with Gasteiger partial charge < -0.3 is 20.0 Å². The summed E-state index contributed by atoms with van der Waals surface area (Å²) in [6, 6.07) is 2.32. The van der Waals surface area contributed by atoms with Crippen LogP contribution in [0, 0.1) is 0 Å². The molecule has 0 aliphatic carbocycles. The van der Waals surface area contributed by atoms with E-state index in [1.165, 1.54) is 16.0 Å². The summed E-state index contributed by atoms with van der Waals surface area (Å²) in [5.74, 6) is -0.242. The largest absolute Gasteiger partial charge is 0.335 e. The fourth-order valence-corrected chi connectivity index (χ4v) is 2.94. The lowest BCUT2D eigenvalue weighted by Crippen LogP contribution is -2.67. The van der Waals surface area contributed by atoms with E-state index in [1.54, 1.807) is 24.1 Å². The molecule has 1 atom stereocenters. The van der Waals surface area contributed by atoms with Crippen molar-refractivity contribution in [1.82, 2.24) is 19.7 Å². The number of carbonyl (C=O) groups is 3. The number of pyridine rings is 1. The molecule has 0 spiro atoms. The van der Waals surface area contributed by atoms with Crippen LogP contribution >= 0.6 is 11.6 Å². The standard InChI is InChI=1S/C14H16ClN5O3/c1-18-8-11(21)20-6-5-19(7-10(20)13(18)22)14(23)17-9-3-2-4-16-12(9)15/h2-4,10H,5-8H2,1H3,(H,17,23)/t10-/m0/s1. The number of piperazine rings is 2. The fourth-order valence-electron chi connectivity index (χ4n) is 2.78. The molecule has 1 aromatic rings. The van der Waals surface area contributed by atoms with Crippen LogP contribution in [0.15, 0.2) is 18.3 Å². The van der Waals surface area contributed by atoms with Crippen molar-refractivity contribution in [2.45, 2.75) is 6.04 Å². The Balaban J connectivity index is 1.70. The Morgan fingerprint density at radius 1 is 1.39 bits per heavy atom. The summed E-state index contributed by atoms with van der Waals surface area (Å²) >= 11 is 5.92. The number of fused-ring (bicyclic) bond motifs is 1. The van der Waals surface area contributed by atoms with Crippen molar-refractivity contribution >= 4 is 35.1 Å². The third-order valence-electron chi connectivity index (χ3n) is 4.02. The lowest BCUT2D eigenvalue weighted by molar-refractivity contribution is -0.157. The Morgan fingerprint density at radius 3 is 2.91 bits per heavy atom. The van der Waals surface area contributed by atoms with E-state index in [-0.39, 0.29) is 36.1 Å². The molecule has 3 heterocycles. The van der Waals surface area contributed by atoms with Crippen molar-refractivity contribution in [3.05, 3.63) is 23.5 Å². The van der Waals surface area contributed by atoms with E-state index in [9.17, 15) is 14.4 Å². The summed E-state index contributed by atoms with van der Waals surface area (Å²) in [5, 5.41) is 2.87. The van der Waals surface area contributed by atoms with Crippen LogP contribution in [0.2, 0.25) is 5.15 Å². The van der Waals surface area contributed by atoms with Gasteiger partial charge in [-0.05, 0) is 12.1 Å². The summed E-state index contributed by atoms with van der Waals surface area (Å²) < 4.78 is 0. The minimum absolute atomic E-state index is 0.0901. The van der Waals surface area contributed by atoms with Crippen LogP contribution in [-0.2, 0) is 9.59 Å². The van der Waals surface area contributed by atoms with Gasteiger partial charge in [-0.1, -0.05) is 11.6 Å². The molecular weight excluding hydrogens is 322 g/mol. The maximum atomic E-state index is 12.4. The average Bonchev–Trinajstić information content (AvgIpc) is 2.54. The van der Waals surface area contributed by atoms with E-state index in [0.29, 0.717) is 18.8 Å².